The van der Waals surface area contributed by atoms with Crippen LogP contribution in [-0.4, -0.2) is 157 Å². The molecular formula is C59H92N2O15. The number of aliphatic hydroxyl groups is 3. The van der Waals surface area contributed by atoms with Crippen molar-refractivity contribution in [1.82, 2.24) is 10.2 Å². The van der Waals surface area contributed by atoms with E-state index in [1.54, 1.807) is 34.0 Å². The van der Waals surface area contributed by atoms with Crippen LogP contribution in [0.15, 0.2) is 47.6 Å². The van der Waals surface area contributed by atoms with Gasteiger partial charge in [-0.05, 0) is 126 Å². The number of rotatable bonds is 13. The number of methoxy groups -OCH3 is 2. The number of esters is 1. The third kappa shape index (κ3) is 17.3. The van der Waals surface area contributed by atoms with Crippen LogP contribution in [-0.2, 0) is 57.2 Å². The maximum Gasteiger partial charge on any atom is 0.329 e. The molecule has 5 aliphatic rings. The number of cyclic esters (lactones) is 1. The summed E-state index contributed by atoms with van der Waals surface area (Å²) < 4.78 is 36.5. The van der Waals surface area contributed by atoms with Gasteiger partial charge in [0, 0.05) is 70.4 Å². The summed E-state index contributed by atoms with van der Waals surface area (Å²) in [7, 11) is 3.00. The number of amides is 2. The number of carbonyl (C=O) groups is 6. The molecule has 0 radical (unpaired) electrons. The Balaban J connectivity index is 1.46. The fraction of sp³-hybridized carbons (Fsp3) is 0.763. The lowest BCUT2D eigenvalue weighted by atomic mass is 9.78. The van der Waals surface area contributed by atoms with E-state index >= 15 is 0 Å². The van der Waals surface area contributed by atoms with Crippen LogP contribution >= 0.6 is 0 Å². The Morgan fingerprint density at radius 3 is 2.32 bits per heavy atom. The van der Waals surface area contributed by atoms with E-state index in [1.165, 1.54) is 12.0 Å². The fourth-order valence-corrected chi connectivity index (χ4v) is 11.9. The summed E-state index contributed by atoms with van der Waals surface area (Å²) in [5.74, 6) is -8.24. The molecule has 17 nitrogen and oxygen atoms in total. The second-order valence-electron chi connectivity index (χ2n) is 22.7. The molecule has 2 bridgehead atoms. The van der Waals surface area contributed by atoms with Crippen LogP contribution in [0.4, 0.5) is 0 Å². The number of hydrogen-bond donors (Lipinski definition) is 4. The summed E-state index contributed by atoms with van der Waals surface area (Å²) in [6, 6.07) is -1.17. The highest BCUT2D eigenvalue weighted by Crippen LogP contribution is 2.38. The molecule has 4 aliphatic heterocycles. The zero-order valence-electron chi connectivity index (χ0n) is 47.0. The number of Topliss-reactive ketones (excluding diaryl/α,β-unsaturated/α-hetero) is 3. The molecule has 4 N–H and O–H groups in total. The summed E-state index contributed by atoms with van der Waals surface area (Å²) in [6.45, 7) is 13.9. The second-order valence-corrected chi connectivity index (χ2v) is 22.7. The number of piperidine rings is 1. The van der Waals surface area contributed by atoms with Crippen LogP contribution in [0, 0.1) is 41.4 Å². The minimum atomic E-state index is -2.49. The normalized spacial score (nSPS) is 38.2. The molecule has 1 aliphatic carbocycles. The molecule has 1 saturated carbocycles. The first-order chi connectivity index (χ1) is 36.2. The summed E-state index contributed by atoms with van der Waals surface area (Å²) in [4.78, 5) is 85.3. The van der Waals surface area contributed by atoms with Gasteiger partial charge in [-0.3, -0.25) is 24.0 Å². The smallest absolute Gasteiger partial charge is 0.329 e. The van der Waals surface area contributed by atoms with Gasteiger partial charge in [-0.15, -0.1) is 0 Å². The highest BCUT2D eigenvalue weighted by Gasteiger charge is 2.53. The molecule has 0 aromatic heterocycles. The van der Waals surface area contributed by atoms with E-state index in [0.29, 0.717) is 82.9 Å². The van der Waals surface area contributed by atoms with Gasteiger partial charge in [-0.2, -0.15) is 0 Å². The SMILES string of the molecule is CO[C@@H]1C[C@H](C[C@@H](C)[C@@H]2CC(=O)[C@H](C)/C=C(\C)[C@@H](O)[C@@H](OC)C(=O)[C@H](C)C[C@H](C)/C=C/C=C/C=C(\C)[C@@H](OCCCC3CCNC3=O)C[C@@H]3CC[C@@H](C)[C@@](O)(O3)C(=O)C(=O)N3CCCC[C@H]3C(=O)O2)CC[C@H]1OCCO. The van der Waals surface area contributed by atoms with Gasteiger partial charge in [0.05, 0.1) is 37.6 Å². The zero-order valence-corrected chi connectivity index (χ0v) is 47.0. The van der Waals surface area contributed by atoms with Gasteiger partial charge in [-0.1, -0.05) is 71.1 Å². The van der Waals surface area contributed by atoms with E-state index < -0.39 is 77.8 Å². The molecule has 4 heterocycles. The van der Waals surface area contributed by atoms with Crippen molar-refractivity contribution < 1.29 is 72.5 Å². The maximum atomic E-state index is 14.6. The summed E-state index contributed by atoms with van der Waals surface area (Å²) in [5.41, 5.74) is 1.23. The largest absolute Gasteiger partial charge is 0.460 e. The quantitative estimate of drug-likeness (QED) is 0.0669. The monoisotopic (exact) mass is 1070 g/mol. The van der Waals surface area contributed by atoms with E-state index in [1.807, 2.05) is 58.1 Å². The molecular weight excluding hydrogens is 977 g/mol. The first kappa shape index (κ1) is 62.9. The molecule has 3 saturated heterocycles. The van der Waals surface area contributed by atoms with Crippen molar-refractivity contribution in [3.63, 3.8) is 0 Å². The van der Waals surface area contributed by atoms with Crippen LogP contribution in [0.2, 0.25) is 0 Å². The third-order valence-electron chi connectivity index (χ3n) is 16.8. The number of ketones is 3. The Kier molecular flexibility index (Phi) is 25.2. The Bertz CT molecular complexity index is 2070. The van der Waals surface area contributed by atoms with Crippen molar-refractivity contribution in [2.75, 3.05) is 47.1 Å². The van der Waals surface area contributed by atoms with Gasteiger partial charge in [0.2, 0.25) is 11.7 Å². The Morgan fingerprint density at radius 2 is 1.62 bits per heavy atom. The molecule has 1 unspecified atom stereocenters. The second kappa shape index (κ2) is 30.4. The number of hydrogen-bond acceptors (Lipinski definition) is 15. The molecule has 2 amide bonds. The summed E-state index contributed by atoms with van der Waals surface area (Å²) >= 11 is 0. The lowest BCUT2D eigenvalue weighted by Crippen LogP contribution is -2.61. The minimum absolute atomic E-state index is 0.0154. The molecule has 76 heavy (non-hydrogen) atoms. The Morgan fingerprint density at radius 1 is 0.855 bits per heavy atom. The molecule has 428 valence electrons. The van der Waals surface area contributed by atoms with Gasteiger partial charge < -0.3 is 54.0 Å². The predicted molar refractivity (Wildman–Crippen MR) is 285 cm³/mol. The van der Waals surface area contributed by atoms with Crippen molar-refractivity contribution in [1.29, 1.82) is 0 Å². The van der Waals surface area contributed by atoms with Crippen molar-refractivity contribution >= 4 is 35.1 Å². The van der Waals surface area contributed by atoms with Crippen molar-refractivity contribution in [2.45, 2.75) is 199 Å². The van der Waals surface area contributed by atoms with Gasteiger partial charge in [0.25, 0.3) is 11.7 Å². The maximum absolute atomic E-state index is 14.6. The first-order valence-corrected chi connectivity index (χ1v) is 28.3. The van der Waals surface area contributed by atoms with E-state index in [4.69, 9.17) is 28.4 Å². The highest BCUT2D eigenvalue weighted by atomic mass is 16.6. The third-order valence-corrected chi connectivity index (χ3v) is 16.8. The summed E-state index contributed by atoms with van der Waals surface area (Å²) in [5, 5.41) is 36.1. The van der Waals surface area contributed by atoms with Gasteiger partial charge in [-0.25, -0.2) is 4.79 Å². The molecule has 0 aromatic rings. The predicted octanol–water partition coefficient (Wildman–Crippen LogP) is 6.48. The minimum Gasteiger partial charge on any atom is -0.460 e. The summed E-state index contributed by atoms with van der Waals surface area (Å²) in [6.07, 6.45) is 13.6. The Hall–Kier alpha value is -3.94. The number of nitrogens with one attached hydrogen (secondary N) is 1. The highest BCUT2D eigenvalue weighted by molar-refractivity contribution is 6.39. The van der Waals surface area contributed by atoms with Crippen molar-refractivity contribution in [3.05, 3.63) is 47.6 Å². The Labute approximate surface area is 451 Å². The van der Waals surface area contributed by atoms with Crippen molar-refractivity contribution in [3.8, 4) is 0 Å². The molecule has 5 rings (SSSR count). The fourth-order valence-electron chi connectivity index (χ4n) is 11.9. The standard InChI is InChI=1S/C59H92N2O15/c1-36-16-11-10-12-17-37(2)49(73-28-15-18-44-24-25-60-56(44)67)34-45-22-20-42(7)59(70,76-45)55(66)57(68)61-26-14-13-19-46(61)58(69)75-50(39(4)32-43-21-23-48(74-29-27-62)51(33-43)71-8)35-47(63)38(3)31-41(6)53(65)54(72-9)52(64)40(5)30-36/h10-12,16-17,31,36,38-40,42-46,48-51,53-54,62,65,70H,13-15,18-30,32-35H2,1-9H3,(H,60,67)/b12-10+,16-11+,37-17+,41-31+/t36-,38-,39-,40-,42-,43+,44?,45+,46+,48-,49+,50+,51-,53-,54+,59-/m1/s1. The number of fused-ring (bicyclic) bond motifs is 3. The van der Waals surface area contributed by atoms with E-state index in [9.17, 15) is 44.1 Å². The molecule has 16 atom stereocenters. The zero-order chi connectivity index (χ0) is 55.7. The van der Waals surface area contributed by atoms with E-state index in [0.717, 1.165) is 18.4 Å². The van der Waals surface area contributed by atoms with Crippen LogP contribution in [0.25, 0.3) is 0 Å². The average Bonchev–Trinajstić information content (AvgIpc) is 3.82. The number of nitrogens with zero attached hydrogens (tertiary/aromatic N) is 1. The first-order valence-electron chi connectivity index (χ1n) is 28.3. The molecule has 17 heteroatoms. The molecule has 0 aromatic carbocycles. The van der Waals surface area contributed by atoms with Gasteiger partial charge in [0.15, 0.2) is 5.78 Å². The number of aliphatic hydroxyl groups excluding tert-OH is 2. The van der Waals surface area contributed by atoms with Crippen molar-refractivity contribution in [2.24, 2.45) is 41.4 Å². The van der Waals surface area contributed by atoms with E-state index in [2.05, 4.69) is 5.32 Å². The number of allylic oxidation sites excluding steroid dienone is 6. The average molecular weight is 1070 g/mol. The van der Waals surface area contributed by atoms with Crippen LogP contribution in [0.3, 0.4) is 0 Å². The topological polar surface area (TPSA) is 234 Å². The lowest BCUT2D eigenvalue weighted by Gasteiger charge is -2.43. The number of carbonyl (C=O) groups excluding carboxylic acids is 6. The van der Waals surface area contributed by atoms with Gasteiger partial charge >= 0.3 is 5.97 Å². The van der Waals surface area contributed by atoms with Crippen LogP contribution < -0.4 is 5.32 Å². The molecule has 0 spiro atoms. The van der Waals surface area contributed by atoms with Gasteiger partial charge in [0.1, 0.15) is 30.1 Å². The van der Waals surface area contributed by atoms with Crippen LogP contribution in [0.1, 0.15) is 145 Å². The molecule has 4 fully saturated rings. The lowest BCUT2D eigenvalue weighted by molar-refractivity contribution is -0.266. The van der Waals surface area contributed by atoms with Crippen LogP contribution in [0.5, 0.6) is 0 Å². The number of ether oxygens (including phenoxy) is 6. The van der Waals surface area contributed by atoms with E-state index in [-0.39, 0.29) is 92.4 Å².